The maximum absolute atomic E-state index is 13.6. The first-order chi connectivity index (χ1) is 14.7. The number of aromatic hydroxyl groups is 1. The number of nitrogens with zero attached hydrogens (tertiary/aromatic N) is 2. The highest BCUT2D eigenvalue weighted by Gasteiger charge is 2.33. The van der Waals surface area contributed by atoms with E-state index in [9.17, 15) is 22.7 Å². The molecule has 3 N–H and O–H groups in total. The minimum absolute atomic E-state index is 0.0102. The van der Waals surface area contributed by atoms with E-state index < -0.39 is 17.6 Å². The van der Waals surface area contributed by atoms with Crippen molar-refractivity contribution in [2.24, 2.45) is 4.99 Å². The average molecular weight is 436 g/mol. The Morgan fingerprint density at radius 1 is 1.13 bits per heavy atom. The van der Waals surface area contributed by atoms with E-state index in [4.69, 9.17) is 0 Å². The normalized spacial score (nSPS) is 12.4. The Morgan fingerprint density at radius 3 is 2.55 bits per heavy atom. The fraction of sp³-hybridized carbons (Fsp3) is 0.318. The van der Waals surface area contributed by atoms with Crippen LogP contribution in [0.1, 0.15) is 25.0 Å². The molecule has 31 heavy (non-hydrogen) atoms. The van der Waals surface area contributed by atoms with Crippen LogP contribution >= 0.6 is 0 Å². The number of fused-ring (bicyclic) bond motifs is 1. The van der Waals surface area contributed by atoms with Gasteiger partial charge in [0, 0.05) is 30.4 Å². The third kappa shape index (κ3) is 5.35. The standard InChI is InChI=1S/C22H24F4N4O/c1-3-30(4-2)10-9-27-19-8-6-15(12-18(19)22(24,25)26)28-13-17-16-7-5-14(23)11-20(16)29-21(17)31/h5-8,11-13,27,29,31H,3-4,9-10H2,1-2H3. The molecule has 0 saturated carbocycles. The van der Waals surface area contributed by atoms with Gasteiger partial charge in [-0.15, -0.1) is 0 Å². The molecule has 3 aromatic rings. The zero-order chi connectivity index (χ0) is 22.6. The number of anilines is 1. The van der Waals surface area contributed by atoms with Gasteiger partial charge in [0.1, 0.15) is 5.82 Å². The van der Waals surface area contributed by atoms with E-state index in [0.717, 1.165) is 19.2 Å². The lowest BCUT2D eigenvalue weighted by molar-refractivity contribution is -0.136. The van der Waals surface area contributed by atoms with Crippen LogP contribution in [0.2, 0.25) is 0 Å². The second-order valence-corrected chi connectivity index (χ2v) is 7.02. The van der Waals surface area contributed by atoms with E-state index in [1.807, 2.05) is 13.8 Å². The number of benzene rings is 2. The van der Waals surface area contributed by atoms with Crippen LogP contribution in [0.25, 0.3) is 10.9 Å². The van der Waals surface area contributed by atoms with Crippen LogP contribution in [0.4, 0.5) is 28.9 Å². The van der Waals surface area contributed by atoms with Gasteiger partial charge in [-0.2, -0.15) is 13.2 Å². The molecule has 0 aliphatic rings. The van der Waals surface area contributed by atoms with E-state index in [0.29, 0.717) is 24.0 Å². The maximum Gasteiger partial charge on any atom is 0.418 e. The van der Waals surface area contributed by atoms with Crippen LogP contribution in [0.15, 0.2) is 41.4 Å². The molecule has 0 saturated heterocycles. The van der Waals surface area contributed by atoms with Crippen molar-refractivity contribution in [3.63, 3.8) is 0 Å². The Bertz CT molecular complexity index is 1070. The summed E-state index contributed by atoms with van der Waals surface area (Å²) in [6.07, 6.45) is -3.29. The van der Waals surface area contributed by atoms with Crippen LogP contribution < -0.4 is 5.32 Å². The van der Waals surface area contributed by atoms with Gasteiger partial charge >= 0.3 is 6.18 Å². The largest absolute Gasteiger partial charge is 0.494 e. The molecule has 0 radical (unpaired) electrons. The highest BCUT2D eigenvalue weighted by Crippen LogP contribution is 2.37. The van der Waals surface area contributed by atoms with Gasteiger partial charge in [-0.05, 0) is 49.5 Å². The zero-order valence-corrected chi connectivity index (χ0v) is 17.2. The van der Waals surface area contributed by atoms with Crippen molar-refractivity contribution in [1.82, 2.24) is 9.88 Å². The number of halogens is 4. The fourth-order valence-corrected chi connectivity index (χ4v) is 3.34. The molecular formula is C22H24F4N4O. The molecule has 3 rings (SSSR count). The zero-order valence-electron chi connectivity index (χ0n) is 17.2. The maximum atomic E-state index is 13.6. The molecule has 0 amide bonds. The number of likely N-dealkylation sites (N-methyl/N-ethyl adjacent to an activating group) is 1. The molecule has 5 nitrogen and oxygen atoms in total. The molecule has 166 valence electrons. The van der Waals surface area contributed by atoms with Gasteiger partial charge in [0.25, 0.3) is 0 Å². The van der Waals surface area contributed by atoms with E-state index in [2.05, 4.69) is 20.2 Å². The first kappa shape index (κ1) is 22.6. The minimum Gasteiger partial charge on any atom is -0.494 e. The summed E-state index contributed by atoms with van der Waals surface area (Å²) in [7, 11) is 0. The number of alkyl halides is 3. The Labute approximate surface area is 177 Å². The van der Waals surface area contributed by atoms with Gasteiger partial charge in [0.05, 0.1) is 22.3 Å². The molecule has 0 spiro atoms. The van der Waals surface area contributed by atoms with E-state index in [1.165, 1.54) is 36.5 Å². The average Bonchev–Trinajstić information content (AvgIpc) is 3.03. The van der Waals surface area contributed by atoms with Crippen molar-refractivity contribution in [2.75, 3.05) is 31.5 Å². The molecular weight excluding hydrogens is 412 g/mol. The van der Waals surface area contributed by atoms with Crippen LogP contribution in [0.5, 0.6) is 5.88 Å². The highest BCUT2D eigenvalue weighted by molar-refractivity contribution is 6.02. The highest BCUT2D eigenvalue weighted by atomic mass is 19.4. The Kier molecular flexibility index (Phi) is 6.84. The second kappa shape index (κ2) is 9.38. The van der Waals surface area contributed by atoms with Crippen LogP contribution in [0, 0.1) is 5.82 Å². The smallest absolute Gasteiger partial charge is 0.418 e. The molecule has 1 heterocycles. The van der Waals surface area contributed by atoms with Crippen molar-refractivity contribution >= 4 is 28.5 Å². The Morgan fingerprint density at radius 2 is 1.87 bits per heavy atom. The third-order valence-electron chi connectivity index (χ3n) is 5.07. The molecule has 0 fully saturated rings. The van der Waals surface area contributed by atoms with Gasteiger partial charge in [-0.3, -0.25) is 4.99 Å². The Balaban J connectivity index is 1.85. The van der Waals surface area contributed by atoms with E-state index in [-0.39, 0.29) is 22.8 Å². The summed E-state index contributed by atoms with van der Waals surface area (Å²) in [5.74, 6) is -0.716. The predicted octanol–water partition coefficient (Wildman–Crippen LogP) is 5.54. The van der Waals surface area contributed by atoms with Crippen molar-refractivity contribution in [2.45, 2.75) is 20.0 Å². The molecule has 9 heteroatoms. The number of aliphatic imine (C=N–C) groups is 1. The van der Waals surface area contributed by atoms with Gasteiger partial charge in [0.2, 0.25) is 0 Å². The quantitative estimate of drug-likeness (QED) is 0.321. The molecule has 0 atom stereocenters. The number of aromatic nitrogens is 1. The van der Waals surface area contributed by atoms with Gasteiger partial charge < -0.3 is 20.3 Å². The lowest BCUT2D eigenvalue weighted by atomic mass is 10.1. The summed E-state index contributed by atoms with van der Waals surface area (Å²) in [5.41, 5.74) is -0.110. The molecule has 0 bridgehead atoms. The van der Waals surface area contributed by atoms with Crippen molar-refractivity contribution in [3.8, 4) is 5.88 Å². The van der Waals surface area contributed by atoms with Gasteiger partial charge in [0.15, 0.2) is 5.88 Å². The first-order valence-corrected chi connectivity index (χ1v) is 9.94. The monoisotopic (exact) mass is 436 g/mol. The molecule has 0 aliphatic carbocycles. The third-order valence-corrected chi connectivity index (χ3v) is 5.07. The van der Waals surface area contributed by atoms with Crippen molar-refractivity contribution in [3.05, 3.63) is 53.3 Å². The van der Waals surface area contributed by atoms with Gasteiger partial charge in [-0.1, -0.05) is 13.8 Å². The van der Waals surface area contributed by atoms with Crippen molar-refractivity contribution < 1.29 is 22.7 Å². The van der Waals surface area contributed by atoms with E-state index >= 15 is 0 Å². The Hall–Kier alpha value is -3.07. The van der Waals surface area contributed by atoms with Crippen molar-refractivity contribution in [1.29, 1.82) is 0 Å². The SMILES string of the molecule is CCN(CC)CCNc1ccc(N=Cc2c(O)[nH]c3cc(F)ccc23)cc1C(F)(F)F. The lowest BCUT2D eigenvalue weighted by Gasteiger charge is -2.20. The topological polar surface area (TPSA) is 63.6 Å². The van der Waals surface area contributed by atoms with Crippen LogP contribution in [-0.2, 0) is 6.18 Å². The lowest BCUT2D eigenvalue weighted by Crippen LogP contribution is -2.29. The molecule has 2 aromatic carbocycles. The van der Waals surface area contributed by atoms with Gasteiger partial charge in [-0.25, -0.2) is 4.39 Å². The summed E-state index contributed by atoms with van der Waals surface area (Å²) >= 11 is 0. The number of H-pyrrole nitrogens is 1. The number of hydrogen-bond acceptors (Lipinski definition) is 4. The first-order valence-electron chi connectivity index (χ1n) is 9.94. The summed E-state index contributed by atoms with van der Waals surface area (Å²) in [6, 6.07) is 7.69. The summed E-state index contributed by atoms with van der Waals surface area (Å²) in [6.45, 7) is 6.66. The molecule has 1 aromatic heterocycles. The summed E-state index contributed by atoms with van der Waals surface area (Å²) in [4.78, 5) is 8.83. The van der Waals surface area contributed by atoms with Crippen LogP contribution in [0.3, 0.4) is 0 Å². The fourth-order valence-electron chi connectivity index (χ4n) is 3.34. The van der Waals surface area contributed by atoms with Crippen LogP contribution in [-0.4, -0.2) is 47.4 Å². The second-order valence-electron chi connectivity index (χ2n) is 7.02. The predicted molar refractivity (Wildman–Crippen MR) is 115 cm³/mol. The summed E-state index contributed by atoms with van der Waals surface area (Å²) in [5, 5.41) is 13.4. The van der Waals surface area contributed by atoms with E-state index in [1.54, 1.807) is 0 Å². The number of aromatic amines is 1. The number of rotatable bonds is 8. The number of hydrogen-bond donors (Lipinski definition) is 3. The minimum atomic E-state index is -4.55. The molecule has 0 aliphatic heterocycles. The number of nitrogens with one attached hydrogen (secondary N) is 2. The molecule has 0 unspecified atom stereocenters. The summed E-state index contributed by atoms with van der Waals surface area (Å²) < 4.78 is 54.1.